The Kier molecular flexibility index (Phi) is 3.71. The number of rotatable bonds is 2. The van der Waals surface area contributed by atoms with Gasteiger partial charge in [0.05, 0.1) is 11.1 Å². The summed E-state index contributed by atoms with van der Waals surface area (Å²) < 4.78 is 9.90. The third-order valence-electron chi connectivity index (χ3n) is 2.82. The molecule has 0 saturated carbocycles. The fourth-order valence-electron chi connectivity index (χ4n) is 2.05. The lowest BCUT2D eigenvalue weighted by Crippen LogP contribution is -2.20. The first-order chi connectivity index (χ1) is 9.81. The molecule has 0 radical (unpaired) electrons. The highest BCUT2D eigenvalue weighted by Crippen LogP contribution is 2.36. The molecule has 0 atom stereocenters. The predicted octanol–water partition coefficient (Wildman–Crippen LogP) is 1.86. The van der Waals surface area contributed by atoms with Crippen molar-refractivity contribution in [3.8, 4) is 11.5 Å². The van der Waals surface area contributed by atoms with Crippen LogP contribution in [0.15, 0.2) is 23.8 Å². The van der Waals surface area contributed by atoms with Crippen molar-refractivity contribution in [3.63, 3.8) is 0 Å². The summed E-state index contributed by atoms with van der Waals surface area (Å²) in [5.74, 6) is -2.23. The number of Topliss-reactive ketones (excluding diaryl/α,β-unsaturated/α-hetero) is 1. The standard InChI is InChI=1S/C15H12O6/c1-7-6-10(18)13-11(20-8(2)16)4-5-12(21-9(3)17)14(13)15(7)19/h4-6H,1-3H3. The van der Waals surface area contributed by atoms with Gasteiger partial charge in [0, 0.05) is 19.4 Å². The van der Waals surface area contributed by atoms with Crippen LogP contribution in [0.2, 0.25) is 0 Å². The second kappa shape index (κ2) is 5.32. The first-order valence-corrected chi connectivity index (χ1v) is 6.12. The van der Waals surface area contributed by atoms with E-state index >= 15 is 0 Å². The van der Waals surface area contributed by atoms with Gasteiger partial charge in [-0.3, -0.25) is 19.2 Å². The minimum atomic E-state index is -0.621. The molecule has 21 heavy (non-hydrogen) atoms. The van der Waals surface area contributed by atoms with Crippen LogP contribution in [-0.2, 0) is 9.59 Å². The molecule has 0 fully saturated rings. The quantitative estimate of drug-likeness (QED) is 0.610. The molecule has 0 heterocycles. The number of allylic oxidation sites excluding steroid dienone is 2. The first-order valence-electron chi connectivity index (χ1n) is 6.12. The Morgan fingerprint density at radius 3 is 1.86 bits per heavy atom. The van der Waals surface area contributed by atoms with E-state index in [0.29, 0.717) is 0 Å². The van der Waals surface area contributed by atoms with E-state index in [-0.39, 0.29) is 28.2 Å². The van der Waals surface area contributed by atoms with E-state index in [9.17, 15) is 19.2 Å². The van der Waals surface area contributed by atoms with Gasteiger partial charge in [-0.1, -0.05) is 0 Å². The van der Waals surface area contributed by atoms with E-state index in [1.807, 2.05) is 0 Å². The monoisotopic (exact) mass is 288 g/mol. The summed E-state index contributed by atoms with van der Waals surface area (Å²) >= 11 is 0. The number of carbonyl (C=O) groups excluding carboxylic acids is 4. The number of ether oxygens (including phenoxy) is 2. The van der Waals surface area contributed by atoms with Crippen molar-refractivity contribution in [2.75, 3.05) is 0 Å². The van der Waals surface area contributed by atoms with Gasteiger partial charge in [0.2, 0.25) is 0 Å². The highest BCUT2D eigenvalue weighted by atomic mass is 16.5. The second-order valence-corrected chi connectivity index (χ2v) is 4.52. The van der Waals surface area contributed by atoms with Crippen LogP contribution in [-0.4, -0.2) is 23.5 Å². The van der Waals surface area contributed by atoms with E-state index in [2.05, 4.69) is 0 Å². The summed E-state index contributed by atoms with van der Waals surface area (Å²) in [5.41, 5.74) is 0.0920. The number of esters is 2. The summed E-state index contributed by atoms with van der Waals surface area (Å²) in [6.45, 7) is 3.85. The van der Waals surface area contributed by atoms with Crippen LogP contribution in [0.1, 0.15) is 41.5 Å². The number of carbonyl (C=O) groups is 4. The van der Waals surface area contributed by atoms with Crippen LogP contribution >= 0.6 is 0 Å². The number of hydrogen-bond acceptors (Lipinski definition) is 6. The van der Waals surface area contributed by atoms with Gasteiger partial charge in [-0.25, -0.2) is 0 Å². The largest absolute Gasteiger partial charge is 0.426 e. The average molecular weight is 288 g/mol. The van der Waals surface area contributed by atoms with E-state index < -0.39 is 23.5 Å². The molecular formula is C15H12O6. The summed E-state index contributed by atoms with van der Waals surface area (Å²) in [5, 5.41) is 0. The van der Waals surface area contributed by atoms with Gasteiger partial charge in [-0.2, -0.15) is 0 Å². The van der Waals surface area contributed by atoms with E-state index in [0.717, 1.165) is 6.08 Å². The van der Waals surface area contributed by atoms with E-state index in [4.69, 9.17) is 9.47 Å². The molecule has 0 N–H and O–H groups in total. The summed E-state index contributed by atoms with van der Waals surface area (Å²) in [4.78, 5) is 46.6. The number of ketones is 2. The molecule has 6 heteroatoms. The van der Waals surface area contributed by atoms with Crippen molar-refractivity contribution in [3.05, 3.63) is 34.9 Å². The molecule has 6 nitrogen and oxygen atoms in total. The van der Waals surface area contributed by atoms with Gasteiger partial charge < -0.3 is 9.47 Å². The molecule has 108 valence electrons. The number of hydrogen-bond donors (Lipinski definition) is 0. The molecule has 1 aromatic carbocycles. The smallest absolute Gasteiger partial charge is 0.308 e. The lowest BCUT2D eigenvalue weighted by atomic mass is 9.89. The van der Waals surface area contributed by atoms with Gasteiger partial charge in [0.25, 0.3) is 0 Å². The third-order valence-corrected chi connectivity index (χ3v) is 2.82. The highest BCUT2D eigenvalue weighted by Gasteiger charge is 2.31. The second-order valence-electron chi connectivity index (χ2n) is 4.52. The van der Waals surface area contributed by atoms with Gasteiger partial charge in [-0.15, -0.1) is 0 Å². The molecule has 0 spiro atoms. The van der Waals surface area contributed by atoms with Crippen LogP contribution in [0.4, 0.5) is 0 Å². The Morgan fingerprint density at radius 2 is 1.38 bits per heavy atom. The van der Waals surface area contributed by atoms with E-state index in [1.165, 1.54) is 32.9 Å². The maximum atomic E-state index is 12.3. The first kappa shape index (κ1) is 14.6. The van der Waals surface area contributed by atoms with Gasteiger partial charge in [-0.05, 0) is 25.1 Å². The summed E-state index contributed by atoms with van der Waals surface area (Å²) in [6, 6.07) is 2.64. The molecule has 0 saturated heterocycles. The summed E-state index contributed by atoms with van der Waals surface area (Å²) in [7, 11) is 0. The highest BCUT2D eigenvalue weighted by molar-refractivity contribution is 6.26. The summed E-state index contributed by atoms with van der Waals surface area (Å²) in [6.07, 6.45) is 1.16. The molecule has 2 rings (SSSR count). The average Bonchev–Trinajstić information content (AvgIpc) is 2.36. The topological polar surface area (TPSA) is 86.7 Å². The zero-order valence-corrected chi connectivity index (χ0v) is 11.7. The minimum absolute atomic E-state index is 0.0285. The number of fused-ring (bicyclic) bond motifs is 1. The molecule has 0 amide bonds. The molecular weight excluding hydrogens is 276 g/mol. The van der Waals surface area contributed by atoms with Crippen LogP contribution < -0.4 is 9.47 Å². The predicted molar refractivity (Wildman–Crippen MR) is 71.5 cm³/mol. The molecule has 1 aromatic rings. The lowest BCUT2D eigenvalue weighted by Gasteiger charge is -2.18. The van der Waals surface area contributed by atoms with Crippen molar-refractivity contribution in [2.24, 2.45) is 0 Å². The zero-order valence-electron chi connectivity index (χ0n) is 11.7. The Labute approximate surface area is 120 Å². The fraction of sp³-hybridized carbons (Fsp3) is 0.200. The van der Waals surface area contributed by atoms with Crippen molar-refractivity contribution >= 4 is 23.5 Å². The van der Waals surface area contributed by atoms with Crippen molar-refractivity contribution < 1.29 is 28.7 Å². The normalized spacial score (nSPS) is 13.4. The Morgan fingerprint density at radius 1 is 0.905 bits per heavy atom. The molecule has 0 unspecified atom stereocenters. The van der Waals surface area contributed by atoms with Crippen molar-refractivity contribution in [1.82, 2.24) is 0 Å². The van der Waals surface area contributed by atoms with Gasteiger partial charge in [0.1, 0.15) is 11.5 Å². The Bertz CT molecular complexity index is 711. The van der Waals surface area contributed by atoms with Crippen LogP contribution in [0, 0.1) is 0 Å². The third kappa shape index (κ3) is 2.74. The van der Waals surface area contributed by atoms with Gasteiger partial charge in [0.15, 0.2) is 11.6 Å². The zero-order chi connectivity index (χ0) is 15.7. The molecule has 0 aromatic heterocycles. The lowest BCUT2D eigenvalue weighted by molar-refractivity contribution is -0.133. The van der Waals surface area contributed by atoms with Crippen LogP contribution in [0.25, 0.3) is 0 Å². The minimum Gasteiger partial charge on any atom is -0.426 e. The van der Waals surface area contributed by atoms with Crippen LogP contribution in [0.3, 0.4) is 0 Å². The maximum absolute atomic E-state index is 12.3. The molecule has 1 aliphatic rings. The molecule has 1 aliphatic carbocycles. The van der Waals surface area contributed by atoms with Crippen LogP contribution in [0.5, 0.6) is 11.5 Å². The molecule has 0 bridgehead atoms. The van der Waals surface area contributed by atoms with Crippen molar-refractivity contribution in [1.29, 1.82) is 0 Å². The van der Waals surface area contributed by atoms with Crippen molar-refractivity contribution in [2.45, 2.75) is 20.8 Å². The number of benzene rings is 1. The van der Waals surface area contributed by atoms with Gasteiger partial charge >= 0.3 is 11.9 Å². The maximum Gasteiger partial charge on any atom is 0.308 e. The Hall–Kier alpha value is -2.76. The fourth-order valence-corrected chi connectivity index (χ4v) is 2.05. The SMILES string of the molecule is CC(=O)Oc1ccc(OC(C)=O)c2c1C(=O)C=C(C)C2=O. The van der Waals surface area contributed by atoms with E-state index in [1.54, 1.807) is 0 Å². The Balaban J connectivity index is 2.70. The molecule has 0 aliphatic heterocycles.